The Balaban J connectivity index is 1.84. The highest BCUT2D eigenvalue weighted by atomic mass is 32.2. The van der Waals surface area contributed by atoms with Crippen LogP contribution in [0.25, 0.3) is 0 Å². The molecular weight excluding hydrogens is 288 g/mol. The molecule has 0 bridgehead atoms. The number of carbonyl (C=O) groups is 1. The molecule has 0 aliphatic heterocycles. The van der Waals surface area contributed by atoms with E-state index in [-0.39, 0.29) is 17.3 Å². The summed E-state index contributed by atoms with van der Waals surface area (Å²) in [6.07, 6.45) is 0. The summed E-state index contributed by atoms with van der Waals surface area (Å²) in [5.41, 5.74) is 0.955. The van der Waals surface area contributed by atoms with Gasteiger partial charge in [-0.3, -0.25) is 4.79 Å². The van der Waals surface area contributed by atoms with E-state index in [2.05, 4.69) is 10.0 Å². The zero-order chi connectivity index (χ0) is 15.1. The average Bonchev–Trinajstić information content (AvgIpc) is 2.53. The Hall–Kier alpha value is -2.18. The highest BCUT2D eigenvalue weighted by Gasteiger charge is 2.14. The Kier molecular flexibility index (Phi) is 5.08. The average molecular weight is 304 g/mol. The summed E-state index contributed by atoms with van der Waals surface area (Å²) < 4.78 is 26.1. The first-order chi connectivity index (χ1) is 10.1. The van der Waals surface area contributed by atoms with E-state index < -0.39 is 10.0 Å². The fourth-order valence-corrected chi connectivity index (χ4v) is 2.71. The summed E-state index contributed by atoms with van der Waals surface area (Å²) >= 11 is 0. The second kappa shape index (κ2) is 7.01. The number of nitrogens with one attached hydrogen (secondary N) is 2. The third-order valence-corrected chi connectivity index (χ3v) is 4.23. The number of rotatable bonds is 6. The minimum Gasteiger partial charge on any atom is -0.351 e. The van der Waals surface area contributed by atoms with Crippen molar-refractivity contribution >= 4 is 15.9 Å². The number of benzene rings is 2. The zero-order valence-corrected chi connectivity index (χ0v) is 12.1. The molecule has 0 atom stereocenters. The molecule has 0 spiro atoms. The molecule has 6 heteroatoms. The van der Waals surface area contributed by atoms with Gasteiger partial charge in [-0.05, 0) is 17.7 Å². The first-order valence-electron chi connectivity index (χ1n) is 6.43. The van der Waals surface area contributed by atoms with Crippen LogP contribution in [-0.4, -0.2) is 20.9 Å². The van der Waals surface area contributed by atoms with Crippen LogP contribution in [0, 0.1) is 0 Å². The van der Waals surface area contributed by atoms with Crippen LogP contribution in [-0.2, 0) is 21.4 Å². The number of carbonyl (C=O) groups excluding carboxylic acids is 1. The van der Waals surface area contributed by atoms with Gasteiger partial charge in [0.1, 0.15) is 0 Å². The van der Waals surface area contributed by atoms with E-state index in [0.29, 0.717) is 6.54 Å². The summed E-state index contributed by atoms with van der Waals surface area (Å²) in [4.78, 5) is 11.8. The van der Waals surface area contributed by atoms with Gasteiger partial charge < -0.3 is 5.32 Å². The molecule has 2 aromatic rings. The molecule has 5 nitrogen and oxygen atoms in total. The van der Waals surface area contributed by atoms with Crippen molar-refractivity contribution in [2.24, 2.45) is 0 Å². The van der Waals surface area contributed by atoms with E-state index >= 15 is 0 Å². The molecule has 1 amide bonds. The van der Waals surface area contributed by atoms with Gasteiger partial charge in [-0.2, -0.15) is 0 Å². The normalized spacial score (nSPS) is 11.0. The Labute approximate surface area is 124 Å². The minimum atomic E-state index is -3.65. The maximum Gasteiger partial charge on any atom is 0.241 e. The molecule has 0 aliphatic rings. The molecule has 0 heterocycles. The quantitative estimate of drug-likeness (QED) is 0.844. The van der Waals surface area contributed by atoms with Gasteiger partial charge in [0.2, 0.25) is 15.9 Å². The largest absolute Gasteiger partial charge is 0.351 e. The number of hydrogen-bond donors (Lipinski definition) is 2. The Morgan fingerprint density at radius 1 is 0.905 bits per heavy atom. The summed E-state index contributed by atoms with van der Waals surface area (Å²) in [6.45, 7) is 0.0802. The van der Waals surface area contributed by atoms with Crippen molar-refractivity contribution in [3.05, 3.63) is 66.2 Å². The van der Waals surface area contributed by atoms with E-state index in [1.165, 1.54) is 12.1 Å². The van der Waals surface area contributed by atoms with Crippen LogP contribution in [0.1, 0.15) is 5.56 Å². The third kappa shape index (κ3) is 4.70. The molecule has 2 N–H and O–H groups in total. The minimum absolute atomic E-state index is 0.140. The van der Waals surface area contributed by atoms with Crippen LogP contribution in [0.2, 0.25) is 0 Å². The molecule has 0 radical (unpaired) electrons. The van der Waals surface area contributed by atoms with Crippen molar-refractivity contribution in [1.82, 2.24) is 10.0 Å². The summed E-state index contributed by atoms with van der Waals surface area (Å²) in [7, 11) is -3.65. The maximum atomic E-state index is 11.9. The number of sulfonamides is 1. The van der Waals surface area contributed by atoms with Crippen LogP contribution in [0.3, 0.4) is 0 Å². The van der Waals surface area contributed by atoms with E-state index in [1.807, 2.05) is 30.3 Å². The van der Waals surface area contributed by atoms with Crippen LogP contribution in [0.15, 0.2) is 65.6 Å². The van der Waals surface area contributed by atoms with Gasteiger partial charge >= 0.3 is 0 Å². The summed E-state index contributed by atoms with van der Waals surface area (Å²) in [5.74, 6) is -0.377. The molecule has 110 valence electrons. The fraction of sp³-hybridized carbons (Fsp3) is 0.133. The second-order valence-corrected chi connectivity index (χ2v) is 6.17. The first-order valence-corrected chi connectivity index (χ1v) is 7.91. The standard InChI is InChI=1S/C15H16N2O3S/c18-15(16-11-13-7-3-1-4-8-13)12-17-21(19,20)14-9-5-2-6-10-14/h1-10,17H,11-12H2,(H,16,18). The maximum absolute atomic E-state index is 11.9. The van der Waals surface area contributed by atoms with Crippen LogP contribution < -0.4 is 10.0 Å². The van der Waals surface area contributed by atoms with Gasteiger partial charge in [-0.25, -0.2) is 13.1 Å². The van der Waals surface area contributed by atoms with Crippen molar-refractivity contribution in [2.75, 3.05) is 6.54 Å². The summed E-state index contributed by atoms with van der Waals surface area (Å²) in [5, 5.41) is 2.66. The topological polar surface area (TPSA) is 75.3 Å². The SMILES string of the molecule is O=C(CNS(=O)(=O)c1ccccc1)NCc1ccccc1. The highest BCUT2D eigenvalue weighted by molar-refractivity contribution is 7.89. The molecule has 0 unspecified atom stereocenters. The van der Waals surface area contributed by atoms with Gasteiger partial charge in [0.15, 0.2) is 0 Å². The molecule has 0 fully saturated rings. The van der Waals surface area contributed by atoms with Crippen molar-refractivity contribution in [3.63, 3.8) is 0 Å². The van der Waals surface area contributed by atoms with Crippen LogP contribution >= 0.6 is 0 Å². The van der Waals surface area contributed by atoms with E-state index in [0.717, 1.165) is 5.56 Å². The monoisotopic (exact) mass is 304 g/mol. The first kappa shape index (κ1) is 15.2. The van der Waals surface area contributed by atoms with E-state index in [9.17, 15) is 13.2 Å². The Morgan fingerprint density at radius 3 is 2.10 bits per heavy atom. The molecular formula is C15H16N2O3S. The highest BCUT2D eigenvalue weighted by Crippen LogP contribution is 2.06. The Morgan fingerprint density at radius 2 is 1.48 bits per heavy atom. The molecule has 0 aromatic heterocycles. The lowest BCUT2D eigenvalue weighted by Gasteiger charge is -2.08. The van der Waals surface area contributed by atoms with Crippen molar-refractivity contribution in [1.29, 1.82) is 0 Å². The lowest BCUT2D eigenvalue weighted by molar-refractivity contribution is -0.120. The van der Waals surface area contributed by atoms with E-state index in [4.69, 9.17) is 0 Å². The molecule has 2 aromatic carbocycles. The van der Waals surface area contributed by atoms with Crippen molar-refractivity contribution in [3.8, 4) is 0 Å². The zero-order valence-electron chi connectivity index (χ0n) is 11.3. The van der Waals surface area contributed by atoms with Crippen LogP contribution in [0.4, 0.5) is 0 Å². The lowest BCUT2D eigenvalue weighted by Crippen LogP contribution is -2.36. The molecule has 0 aliphatic carbocycles. The molecule has 0 saturated heterocycles. The number of amides is 1. The molecule has 21 heavy (non-hydrogen) atoms. The van der Waals surface area contributed by atoms with Gasteiger partial charge in [-0.15, -0.1) is 0 Å². The van der Waals surface area contributed by atoms with E-state index in [1.54, 1.807) is 18.2 Å². The van der Waals surface area contributed by atoms with Gasteiger partial charge in [0.05, 0.1) is 11.4 Å². The van der Waals surface area contributed by atoms with Crippen LogP contribution in [0.5, 0.6) is 0 Å². The second-order valence-electron chi connectivity index (χ2n) is 4.40. The van der Waals surface area contributed by atoms with Gasteiger partial charge in [-0.1, -0.05) is 48.5 Å². The Bertz CT molecular complexity index is 685. The predicted octanol–water partition coefficient (Wildman–Crippen LogP) is 1.28. The lowest BCUT2D eigenvalue weighted by atomic mass is 10.2. The van der Waals surface area contributed by atoms with Gasteiger partial charge in [0, 0.05) is 6.54 Å². The predicted molar refractivity (Wildman–Crippen MR) is 79.9 cm³/mol. The fourth-order valence-electron chi connectivity index (χ4n) is 1.70. The molecule has 0 saturated carbocycles. The molecule has 2 rings (SSSR count). The number of hydrogen-bond acceptors (Lipinski definition) is 3. The van der Waals surface area contributed by atoms with Crippen molar-refractivity contribution < 1.29 is 13.2 Å². The van der Waals surface area contributed by atoms with Crippen molar-refractivity contribution in [2.45, 2.75) is 11.4 Å². The third-order valence-electron chi connectivity index (χ3n) is 2.81. The van der Waals surface area contributed by atoms with Gasteiger partial charge in [0.25, 0.3) is 0 Å². The summed E-state index contributed by atoms with van der Waals surface area (Å²) in [6, 6.07) is 17.3. The smallest absolute Gasteiger partial charge is 0.241 e.